The van der Waals surface area contributed by atoms with Gasteiger partial charge in [-0.05, 0) is 18.6 Å². The molecular formula is C17H28O5Si. The van der Waals surface area contributed by atoms with Gasteiger partial charge in [0.25, 0.3) is 0 Å². The largest absolute Gasteiger partial charge is 0.536 e. The zero-order valence-corrected chi connectivity index (χ0v) is 15.8. The van der Waals surface area contributed by atoms with E-state index in [9.17, 15) is 0 Å². The summed E-state index contributed by atoms with van der Waals surface area (Å²) in [5.74, 6) is 0.326. The van der Waals surface area contributed by atoms with E-state index in [1.54, 1.807) is 21.3 Å². The van der Waals surface area contributed by atoms with E-state index in [1.807, 2.05) is 25.1 Å². The third-order valence-corrected chi connectivity index (χ3v) is 6.94. The first kappa shape index (κ1) is 18.4. The molecule has 0 radical (unpaired) electrons. The average molecular weight is 340 g/mol. The Kier molecular flexibility index (Phi) is 6.22. The number of rotatable bonds is 8. The van der Waals surface area contributed by atoms with Crippen molar-refractivity contribution in [3.8, 4) is 5.75 Å². The molecule has 0 saturated heterocycles. The van der Waals surface area contributed by atoms with Crippen molar-refractivity contribution >= 4 is 14.0 Å². The summed E-state index contributed by atoms with van der Waals surface area (Å²) in [7, 11) is 2.00. The second-order valence-electron chi connectivity index (χ2n) is 5.97. The van der Waals surface area contributed by atoms with Gasteiger partial charge in [0.1, 0.15) is 5.75 Å². The second-order valence-corrected chi connectivity index (χ2v) is 8.89. The molecule has 0 spiro atoms. The molecule has 1 unspecified atom stereocenters. The molecule has 23 heavy (non-hydrogen) atoms. The topological polar surface area (TPSA) is 46.2 Å². The summed E-state index contributed by atoms with van der Waals surface area (Å²) in [4.78, 5) is 0. The molecule has 0 N–H and O–H groups in total. The lowest BCUT2D eigenvalue weighted by Gasteiger charge is -2.36. The van der Waals surface area contributed by atoms with Crippen molar-refractivity contribution in [1.82, 2.24) is 0 Å². The number of ether oxygens (including phenoxy) is 2. The highest BCUT2D eigenvalue weighted by atomic mass is 28.4. The molecule has 0 amide bonds. The minimum absolute atomic E-state index is 0.521. The van der Waals surface area contributed by atoms with Crippen LogP contribution in [-0.2, 0) is 24.6 Å². The highest BCUT2D eigenvalue weighted by Gasteiger charge is 2.42. The van der Waals surface area contributed by atoms with Gasteiger partial charge >= 0.3 is 8.80 Å². The third-order valence-electron chi connectivity index (χ3n) is 4.31. The monoisotopic (exact) mass is 340 g/mol. The van der Waals surface area contributed by atoms with E-state index < -0.39 is 14.6 Å². The fourth-order valence-electron chi connectivity index (χ4n) is 2.90. The summed E-state index contributed by atoms with van der Waals surface area (Å²) in [6.07, 6.45) is 4.38. The fraction of sp³-hybridized carbons (Fsp3) is 0.647. The summed E-state index contributed by atoms with van der Waals surface area (Å²) in [6.45, 7) is 4.73. The number of benzene rings is 1. The Balaban J connectivity index is 2.18. The standard InChI is InChI=1S/C17H28O5Si/c1-6-7-8-11-17(2)21-13-14-12-15(9-10-16(14)22-17)23(18-3,19-4)20-5/h9-10,12H,6-8,11,13H2,1-5H3. The minimum Gasteiger partial charge on any atom is -0.462 e. The summed E-state index contributed by atoms with van der Waals surface area (Å²) >= 11 is 0. The van der Waals surface area contributed by atoms with Crippen LogP contribution in [0.25, 0.3) is 0 Å². The Bertz CT molecular complexity index is 509. The molecule has 0 fully saturated rings. The van der Waals surface area contributed by atoms with Gasteiger partial charge in [-0.15, -0.1) is 0 Å². The van der Waals surface area contributed by atoms with Crippen molar-refractivity contribution < 1.29 is 22.8 Å². The van der Waals surface area contributed by atoms with Crippen LogP contribution in [0.2, 0.25) is 0 Å². The zero-order chi connectivity index (χ0) is 16.9. The first-order valence-corrected chi connectivity index (χ1v) is 9.87. The van der Waals surface area contributed by atoms with Crippen molar-refractivity contribution in [3.05, 3.63) is 23.8 Å². The number of hydrogen-bond acceptors (Lipinski definition) is 5. The fourth-order valence-corrected chi connectivity index (χ4v) is 4.74. The Morgan fingerprint density at radius 3 is 2.43 bits per heavy atom. The molecule has 130 valence electrons. The van der Waals surface area contributed by atoms with E-state index >= 15 is 0 Å². The van der Waals surface area contributed by atoms with Gasteiger partial charge in [0.05, 0.1) is 6.61 Å². The quantitative estimate of drug-likeness (QED) is 0.538. The van der Waals surface area contributed by atoms with Crippen LogP contribution in [-0.4, -0.2) is 35.9 Å². The normalized spacial score (nSPS) is 20.9. The molecule has 5 nitrogen and oxygen atoms in total. The Morgan fingerprint density at radius 1 is 1.13 bits per heavy atom. The van der Waals surface area contributed by atoms with Crippen LogP contribution < -0.4 is 9.92 Å². The minimum atomic E-state index is -2.83. The molecule has 1 aliphatic heterocycles. The Morgan fingerprint density at radius 2 is 1.83 bits per heavy atom. The van der Waals surface area contributed by atoms with Crippen molar-refractivity contribution in [2.75, 3.05) is 21.3 Å². The second kappa shape index (κ2) is 7.77. The SMILES string of the molecule is CCCCCC1(C)OCc2cc([Si](OC)(OC)OC)ccc2O1. The van der Waals surface area contributed by atoms with Gasteiger partial charge < -0.3 is 22.8 Å². The van der Waals surface area contributed by atoms with Crippen molar-refractivity contribution in [3.63, 3.8) is 0 Å². The number of hydrogen-bond donors (Lipinski definition) is 0. The lowest BCUT2D eigenvalue weighted by atomic mass is 10.1. The predicted octanol–water partition coefficient (Wildman–Crippen LogP) is 2.98. The first-order chi connectivity index (χ1) is 11.0. The summed E-state index contributed by atoms with van der Waals surface area (Å²) in [5, 5.41) is 0.908. The maximum Gasteiger partial charge on any atom is 0.536 e. The molecule has 0 aliphatic carbocycles. The van der Waals surface area contributed by atoms with Crippen LogP contribution in [0.5, 0.6) is 5.75 Å². The molecule has 1 atom stereocenters. The molecule has 0 aromatic heterocycles. The Hall–Kier alpha value is -0.923. The van der Waals surface area contributed by atoms with Crippen LogP contribution >= 0.6 is 0 Å². The van der Waals surface area contributed by atoms with Crippen LogP contribution in [0.3, 0.4) is 0 Å². The lowest BCUT2D eigenvalue weighted by Crippen LogP contribution is -2.55. The molecule has 1 aromatic carbocycles. The van der Waals surface area contributed by atoms with Gasteiger partial charge in [0.15, 0.2) is 0 Å². The molecule has 1 heterocycles. The molecule has 0 saturated carbocycles. The molecule has 0 bridgehead atoms. The van der Waals surface area contributed by atoms with Gasteiger partial charge in [0.2, 0.25) is 5.79 Å². The number of fused-ring (bicyclic) bond motifs is 1. The predicted molar refractivity (Wildman–Crippen MR) is 90.8 cm³/mol. The summed E-state index contributed by atoms with van der Waals surface area (Å²) in [5.41, 5.74) is 0.999. The number of unbranched alkanes of at least 4 members (excludes halogenated alkanes) is 2. The highest BCUT2D eigenvalue weighted by molar-refractivity contribution is 6.75. The van der Waals surface area contributed by atoms with Gasteiger partial charge in [-0.3, -0.25) is 0 Å². The van der Waals surface area contributed by atoms with E-state index in [-0.39, 0.29) is 0 Å². The van der Waals surface area contributed by atoms with Gasteiger partial charge in [0, 0.05) is 45.4 Å². The maximum absolute atomic E-state index is 6.11. The summed E-state index contributed by atoms with van der Waals surface area (Å²) in [6, 6.07) is 5.92. The van der Waals surface area contributed by atoms with E-state index in [1.165, 1.54) is 12.8 Å². The highest BCUT2D eigenvalue weighted by Crippen LogP contribution is 2.34. The van der Waals surface area contributed by atoms with Crippen molar-refractivity contribution in [1.29, 1.82) is 0 Å². The first-order valence-electron chi connectivity index (χ1n) is 8.14. The smallest absolute Gasteiger partial charge is 0.462 e. The van der Waals surface area contributed by atoms with Crippen LogP contribution in [0, 0.1) is 0 Å². The molecular weight excluding hydrogens is 312 g/mol. The van der Waals surface area contributed by atoms with Crippen LogP contribution in [0.4, 0.5) is 0 Å². The zero-order valence-electron chi connectivity index (χ0n) is 14.8. The van der Waals surface area contributed by atoms with Crippen LogP contribution in [0.1, 0.15) is 45.1 Å². The molecule has 2 rings (SSSR count). The van der Waals surface area contributed by atoms with Gasteiger partial charge in [-0.1, -0.05) is 25.8 Å². The Labute approximate surface area is 140 Å². The van der Waals surface area contributed by atoms with E-state index in [0.29, 0.717) is 6.61 Å². The van der Waals surface area contributed by atoms with Crippen molar-refractivity contribution in [2.24, 2.45) is 0 Å². The summed E-state index contributed by atoms with van der Waals surface area (Å²) < 4.78 is 28.7. The molecule has 1 aliphatic rings. The van der Waals surface area contributed by atoms with Gasteiger partial charge in [-0.25, -0.2) is 0 Å². The maximum atomic E-state index is 6.11. The van der Waals surface area contributed by atoms with E-state index in [4.69, 9.17) is 22.8 Å². The molecule has 6 heteroatoms. The van der Waals surface area contributed by atoms with Gasteiger partial charge in [-0.2, -0.15) is 0 Å². The molecule has 1 aromatic rings. The van der Waals surface area contributed by atoms with E-state index in [2.05, 4.69) is 6.92 Å². The van der Waals surface area contributed by atoms with Crippen molar-refractivity contribution in [2.45, 2.75) is 51.9 Å². The average Bonchev–Trinajstić information content (AvgIpc) is 2.57. The lowest BCUT2D eigenvalue weighted by molar-refractivity contribution is -0.198. The van der Waals surface area contributed by atoms with Crippen LogP contribution in [0.15, 0.2) is 18.2 Å². The van der Waals surface area contributed by atoms with E-state index in [0.717, 1.165) is 29.3 Å². The third kappa shape index (κ3) is 3.95.